The number of hydrogen-bond acceptors (Lipinski definition) is 9. The van der Waals surface area contributed by atoms with Crippen LogP contribution in [-0.4, -0.2) is 62.6 Å². The van der Waals surface area contributed by atoms with Crippen LogP contribution in [0.4, 0.5) is 5.82 Å². The van der Waals surface area contributed by atoms with Crippen molar-refractivity contribution in [1.82, 2.24) is 19.5 Å². The van der Waals surface area contributed by atoms with Crippen molar-refractivity contribution in [2.24, 2.45) is 0 Å². The monoisotopic (exact) mass is 347 g/mol. The summed E-state index contributed by atoms with van der Waals surface area (Å²) in [5.41, 5.74) is 5.97. The predicted molar refractivity (Wildman–Crippen MR) is 82.1 cm³/mol. The topological polar surface area (TPSA) is 158 Å². The first-order chi connectivity index (χ1) is 11.0. The maximum Gasteiger partial charge on any atom is 0.327 e. The molecule has 128 valence electrons. The van der Waals surface area contributed by atoms with E-state index >= 15 is 0 Å². The molecule has 12 heteroatoms. The van der Waals surface area contributed by atoms with Gasteiger partial charge in [0.2, 0.25) is 0 Å². The molecule has 0 radical (unpaired) electrons. The Morgan fingerprint density at radius 3 is 2.78 bits per heavy atom. The van der Waals surface area contributed by atoms with E-state index in [1.165, 1.54) is 11.7 Å². The number of aromatic nitrogens is 4. The Hall–Kier alpha value is -1.78. The lowest BCUT2D eigenvalue weighted by atomic mass is 10.5. The molecule has 0 aliphatic rings. The van der Waals surface area contributed by atoms with Crippen molar-refractivity contribution >= 4 is 25.4 Å². The van der Waals surface area contributed by atoms with E-state index in [9.17, 15) is 4.79 Å². The first-order valence-corrected chi connectivity index (χ1v) is 8.07. The Balaban J connectivity index is 2.18. The summed E-state index contributed by atoms with van der Waals surface area (Å²) in [5.74, 6) is 0.0911. The van der Waals surface area contributed by atoms with Crippen molar-refractivity contribution in [3.63, 3.8) is 0 Å². The highest BCUT2D eigenvalue weighted by molar-refractivity contribution is 7.44. The zero-order valence-corrected chi connectivity index (χ0v) is 13.3. The smallest absolute Gasteiger partial charge is 0.327 e. The minimum Gasteiger partial charge on any atom is -0.461 e. The summed E-state index contributed by atoms with van der Waals surface area (Å²) in [6.45, 7) is 0.878. The van der Waals surface area contributed by atoms with Gasteiger partial charge in [-0.1, -0.05) is 0 Å². The Kier molecular flexibility index (Phi) is 6.25. The van der Waals surface area contributed by atoms with Gasteiger partial charge in [0.05, 0.1) is 19.8 Å². The van der Waals surface area contributed by atoms with Crippen LogP contribution in [0.1, 0.15) is 0 Å². The molecule has 2 aromatic rings. The number of aromatic amines is 1. The number of nitrogens with zero attached hydrogens (tertiary/aromatic N) is 3. The molecule has 11 nitrogen and oxygen atoms in total. The number of imidazole rings is 1. The summed E-state index contributed by atoms with van der Waals surface area (Å²) in [7, 11) is -0.588. The first kappa shape index (κ1) is 17.6. The SMILES string of the molecule is COCCOc1nc(N)c2[nH]c(=O)n(CCOCP(O)O)c2n1. The molecule has 23 heavy (non-hydrogen) atoms. The molecule has 5 N–H and O–H groups in total. The van der Waals surface area contributed by atoms with Crippen LogP contribution in [0.15, 0.2) is 4.79 Å². The lowest BCUT2D eigenvalue weighted by Gasteiger charge is -2.07. The third-order valence-corrected chi connectivity index (χ3v) is 3.23. The highest BCUT2D eigenvalue weighted by atomic mass is 31.2. The molecule has 0 fully saturated rings. The van der Waals surface area contributed by atoms with Crippen molar-refractivity contribution in [3.05, 3.63) is 10.5 Å². The van der Waals surface area contributed by atoms with E-state index in [1.54, 1.807) is 0 Å². The molecule has 0 aromatic carbocycles. The van der Waals surface area contributed by atoms with Crippen LogP contribution in [0.25, 0.3) is 11.2 Å². The van der Waals surface area contributed by atoms with Crippen molar-refractivity contribution in [3.8, 4) is 6.01 Å². The maximum absolute atomic E-state index is 12.0. The van der Waals surface area contributed by atoms with E-state index in [4.69, 9.17) is 29.7 Å². The number of nitrogens with two attached hydrogens (primary N) is 1. The molecular formula is C11H18N5O6P. The van der Waals surface area contributed by atoms with Gasteiger partial charge in [0.25, 0.3) is 0 Å². The largest absolute Gasteiger partial charge is 0.461 e. The molecule has 0 saturated heterocycles. The second-order valence-electron chi connectivity index (χ2n) is 4.42. The highest BCUT2D eigenvalue weighted by Gasteiger charge is 2.14. The Labute approximate surface area is 131 Å². The summed E-state index contributed by atoms with van der Waals surface area (Å²) in [6.07, 6.45) is -0.186. The van der Waals surface area contributed by atoms with Gasteiger partial charge in [-0.2, -0.15) is 9.97 Å². The fraction of sp³-hybridized carbons (Fsp3) is 0.545. The normalized spacial score (nSPS) is 11.5. The van der Waals surface area contributed by atoms with Gasteiger partial charge in [-0.25, -0.2) is 4.79 Å². The van der Waals surface area contributed by atoms with Gasteiger partial charge in [-0.15, -0.1) is 0 Å². The number of H-pyrrole nitrogens is 1. The number of nitrogens with one attached hydrogen (secondary N) is 1. The van der Waals surface area contributed by atoms with Gasteiger partial charge in [0, 0.05) is 7.11 Å². The van der Waals surface area contributed by atoms with Gasteiger partial charge >= 0.3 is 11.7 Å². The van der Waals surface area contributed by atoms with Gasteiger partial charge in [0.1, 0.15) is 18.5 Å². The Morgan fingerprint density at radius 1 is 1.30 bits per heavy atom. The Bertz CT molecular complexity index is 702. The highest BCUT2D eigenvalue weighted by Crippen LogP contribution is 2.22. The zero-order chi connectivity index (χ0) is 16.8. The van der Waals surface area contributed by atoms with E-state index in [0.29, 0.717) is 12.1 Å². The molecule has 0 aliphatic carbocycles. The van der Waals surface area contributed by atoms with Gasteiger partial charge in [-0.05, 0) is 0 Å². The third kappa shape index (κ3) is 4.60. The second kappa shape index (κ2) is 8.18. The van der Waals surface area contributed by atoms with Crippen molar-refractivity contribution in [2.75, 3.05) is 39.0 Å². The van der Waals surface area contributed by atoms with Crippen molar-refractivity contribution < 1.29 is 24.0 Å². The second-order valence-corrected chi connectivity index (χ2v) is 5.43. The van der Waals surface area contributed by atoms with Crippen molar-refractivity contribution in [2.45, 2.75) is 6.54 Å². The lowest BCUT2D eigenvalue weighted by Crippen LogP contribution is -2.20. The fourth-order valence-electron chi connectivity index (χ4n) is 1.82. The summed E-state index contributed by atoms with van der Waals surface area (Å²) in [5, 5.41) is 0. The Morgan fingerprint density at radius 2 is 2.09 bits per heavy atom. The number of anilines is 1. The first-order valence-electron chi connectivity index (χ1n) is 6.63. The molecule has 0 bridgehead atoms. The summed E-state index contributed by atoms with van der Waals surface area (Å²) in [6, 6.07) is 0.0370. The molecule has 0 amide bonds. The third-order valence-electron chi connectivity index (χ3n) is 2.81. The molecular weight excluding hydrogens is 329 g/mol. The van der Waals surface area contributed by atoms with Crippen LogP contribution >= 0.6 is 8.38 Å². The molecule has 0 unspecified atom stereocenters. The molecule has 0 aliphatic heterocycles. The number of methoxy groups -OCH3 is 1. The zero-order valence-electron chi connectivity index (χ0n) is 12.4. The average molecular weight is 347 g/mol. The fourth-order valence-corrected chi connectivity index (χ4v) is 2.11. The van der Waals surface area contributed by atoms with E-state index in [0.717, 1.165) is 0 Å². The number of fused-ring (bicyclic) bond motifs is 1. The molecule has 2 aromatic heterocycles. The lowest BCUT2D eigenvalue weighted by molar-refractivity contribution is 0.141. The summed E-state index contributed by atoms with van der Waals surface area (Å²) >= 11 is 0. The minimum absolute atomic E-state index is 0.0370. The van der Waals surface area contributed by atoms with Crippen LogP contribution in [0.2, 0.25) is 0 Å². The standard InChI is InChI=1S/C11H18N5O6P/c1-20-4-5-22-10-14-8(12)7-9(15-10)16(11(17)13-7)2-3-21-6-23(18)19/h18-19H,2-6H2,1H3,(H,13,17)(H2,12,14,15). The molecule has 2 heterocycles. The van der Waals surface area contributed by atoms with Crippen molar-refractivity contribution in [1.29, 1.82) is 0 Å². The van der Waals surface area contributed by atoms with Crippen LogP contribution in [0.3, 0.4) is 0 Å². The predicted octanol–water partition coefficient (Wildman–Crippen LogP) is -1.00. The van der Waals surface area contributed by atoms with Crippen LogP contribution in [0, 0.1) is 0 Å². The maximum atomic E-state index is 12.0. The van der Waals surface area contributed by atoms with E-state index in [-0.39, 0.29) is 43.6 Å². The van der Waals surface area contributed by atoms with Crippen LogP contribution in [-0.2, 0) is 16.0 Å². The van der Waals surface area contributed by atoms with Gasteiger partial charge in [0.15, 0.2) is 19.8 Å². The van der Waals surface area contributed by atoms with Crippen LogP contribution < -0.4 is 16.2 Å². The average Bonchev–Trinajstić information content (AvgIpc) is 2.81. The van der Waals surface area contributed by atoms with E-state index in [2.05, 4.69) is 15.0 Å². The number of nitrogen functional groups attached to an aromatic ring is 1. The molecule has 2 rings (SSSR count). The number of ether oxygens (including phenoxy) is 3. The molecule has 0 spiro atoms. The van der Waals surface area contributed by atoms with Gasteiger partial charge < -0.3 is 34.7 Å². The summed E-state index contributed by atoms with van der Waals surface area (Å²) in [4.78, 5) is 40.2. The van der Waals surface area contributed by atoms with Crippen LogP contribution in [0.5, 0.6) is 6.01 Å². The molecule has 0 atom stereocenters. The van der Waals surface area contributed by atoms with E-state index < -0.39 is 14.1 Å². The number of rotatable bonds is 9. The van der Waals surface area contributed by atoms with E-state index in [1.807, 2.05) is 0 Å². The minimum atomic E-state index is -2.13. The summed E-state index contributed by atoms with van der Waals surface area (Å²) < 4.78 is 16.5. The number of hydrogen-bond donors (Lipinski definition) is 4. The quantitative estimate of drug-likeness (QED) is 0.330. The molecule has 0 saturated carbocycles. The van der Waals surface area contributed by atoms with Gasteiger partial charge in [-0.3, -0.25) is 4.57 Å².